The minimum Gasteiger partial charge on any atom is -0.378 e. The Kier molecular flexibility index (Phi) is 1.87. The molecule has 11 heavy (non-hydrogen) atoms. The van der Waals surface area contributed by atoms with Crippen LogP contribution in [0, 0.1) is 0 Å². The van der Waals surface area contributed by atoms with E-state index in [0.717, 1.165) is 32.5 Å². The molecule has 2 fully saturated rings. The summed E-state index contributed by atoms with van der Waals surface area (Å²) in [7, 11) is 0. The highest BCUT2D eigenvalue weighted by molar-refractivity contribution is 4.92. The van der Waals surface area contributed by atoms with Crippen LogP contribution in [0.5, 0.6) is 0 Å². The van der Waals surface area contributed by atoms with E-state index in [1.165, 1.54) is 0 Å². The van der Waals surface area contributed by atoms with Gasteiger partial charge in [0.05, 0.1) is 18.3 Å². The van der Waals surface area contributed by atoms with Crippen LogP contribution in [0.3, 0.4) is 0 Å². The summed E-state index contributed by atoms with van der Waals surface area (Å²) in [5.41, 5.74) is 5.58. The fraction of sp³-hybridized carbons (Fsp3) is 1.00. The summed E-state index contributed by atoms with van der Waals surface area (Å²) >= 11 is 0. The number of hydrogen-bond acceptors (Lipinski definition) is 3. The second kappa shape index (κ2) is 2.73. The van der Waals surface area contributed by atoms with Crippen molar-refractivity contribution in [3.8, 4) is 0 Å². The van der Waals surface area contributed by atoms with Crippen LogP contribution in [-0.2, 0) is 9.47 Å². The van der Waals surface area contributed by atoms with Gasteiger partial charge in [-0.2, -0.15) is 0 Å². The molecule has 0 aromatic rings. The first-order valence-electron chi connectivity index (χ1n) is 4.30. The average molecular weight is 157 g/mol. The van der Waals surface area contributed by atoms with E-state index in [0.29, 0.717) is 6.54 Å². The van der Waals surface area contributed by atoms with E-state index in [-0.39, 0.29) is 11.7 Å². The van der Waals surface area contributed by atoms with E-state index in [1.807, 2.05) is 0 Å². The average Bonchev–Trinajstić information content (AvgIpc) is 2.62. The predicted molar refractivity (Wildman–Crippen MR) is 41.3 cm³/mol. The lowest BCUT2D eigenvalue weighted by Gasteiger charge is -2.21. The Morgan fingerprint density at radius 3 is 2.91 bits per heavy atom. The smallest absolute Gasteiger partial charge is 0.0942 e. The van der Waals surface area contributed by atoms with E-state index < -0.39 is 0 Å². The van der Waals surface area contributed by atoms with Gasteiger partial charge in [-0.15, -0.1) is 0 Å². The van der Waals surface area contributed by atoms with E-state index in [4.69, 9.17) is 15.2 Å². The van der Waals surface area contributed by atoms with Crippen molar-refractivity contribution in [2.75, 3.05) is 19.8 Å². The largest absolute Gasteiger partial charge is 0.378 e. The van der Waals surface area contributed by atoms with Crippen molar-refractivity contribution in [3.63, 3.8) is 0 Å². The van der Waals surface area contributed by atoms with Crippen LogP contribution in [0.1, 0.15) is 19.3 Å². The molecule has 2 saturated heterocycles. The van der Waals surface area contributed by atoms with Gasteiger partial charge in [0.2, 0.25) is 0 Å². The van der Waals surface area contributed by atoms with Crippen LogP contribution in [0.15, 0.2) is 0 Å². The Morgan fingerprint density at radius 2 is 2.36 bits per heavy atom. The Labute approximate surface area is 66.8 Å². The molecule has 0 saturated carbocycles. The highest BCUT2D eigenvalue weighted by Crippen LogP contribution is 2.36. The molecule has 64 valence electrons. The number of nitrogens with two attached hydrogens (primary N) is 1. The molecule has 2 atom stereocenters. The number of rotatable bonds is 1. The third-order valence-electron chi connectivity index (χ3n) is 2.67. The van der Waals surface area contributed by atoms with Crippen molar-refractivity contribution in [2.24, 2.45) is 5.73 Å². The Balaban J connectivity index is 1.96. The molecule has 2 aliphatic heterocycles. The zero-order valence-electron chi connectivity index (χ0n) is 6.71. The minimum absolute atomic E-state index is 0.0596. The van der Waals surface area contributed by atoms with Gasteiger partial charge in [0.15, 0.2) is 0 Å². The SMILES string of the molecule is NC[C@H]1CC[C@@]2(CCOC2)O1. The zero-order valence-corrected chi connectivity index (χ0v) is 6.71. The van der Waals surface area contributed by atoms with Crippen molar-refractivity contribution in [1.82, 2.24) is 0 Å². The quantitative estimate of drug-likeness (QED) is 0.594. The summed E-state index contributed by atoms with van der Waals surface area (Å²) < 4.78 is 11.1. The fourth-order valence-electron chi connectivity index (χ4n) is 1.94. The highest BCUT2D eigenvalue weighted by atomic mass is 16.6. The van der Waals surface area contributed by atoms with Gasteiger partial charge >= 0.3 is 0 Å². The molecular formula is C8H15NO2. The maximum atomic E-state index is 5.81. The van der Waals surface area contributed by atoms with E-state index >= 15 is 0 Å². The summed E-state index contributed by atoms with van der Waals surface area (Å²) in [6.45, 7) is 2.29. The molecule has 0 unspecified atom stereocenters. The third-order valence-corrected chi connectivity index (χ3v) is 2.67. The molecule has 3 heteroatoms. The molecule has 0 aromatic heterocycles. The van der Waals surface area contributed by atoms with Crippen molar-refractivity contribution in [2.45, 2.75) is 31.0 Å². The zero-order chi connectivity index (χ0) is 7.73. The van der Waals surface area contributed by atoms with Crippen LogP contribution in [-0.4, -0.2) is 31.5 Å². The molecule has 2 heterocycles. The standard InChI is InChI=1S/C8H15NO2/c9-5-7-1-2-8(11-7)3-4-10-6-8/h7H,1-6,9H2/t7-,8+/m1/s1. The van der Waals surface area contributed by atoms with Gasteiger partial charge < -0.3 is 15.2 Å². The lowest BCUT2D eigenvalue weighted by molar-refractivity contribution is -0.0407. The second-order valence-electron chi connectivity index (χ2n) is 3.50. The molecule has 2 N–H and O–H groups in total. The van der Waals surface area contributed by atoms with Gasteiger partial charge in [-0.05, 0) is 12.8 Å². The summed E-state index contributed by atoms with van der Waals surface area (Å²) in [5.74, 6) is 0. The van der Waals surface area contributed by atoms with Gasteiger partial charge in [0.25, 0.3) is 0 Å². The first-order chi connectivity index (χ1) is 5.35. The van der Waals surface area contributed by atoms with Gasteiger partial charge in [-0.25, -0.2) is 0 Å². The van der Waals surface area contributed by atoms with Crippen molar-refractivity contribution in [1.29, 1.82) is 0 Å². The predicted octanol–water partition coefficient (Wildman–Crippen LogP) is 0.283. The molecule has 2 rings (SSSR count). The number of ether oxygens (including phenoxy) is 2. The first kappa shape index (κ1) is 7.53. The fourth-order valence-corrected chi connectivity index (χ4v) is 1.94. The second-order valence-corrected chi connectivity index (χ2v) is 3.50. The third kappa shape index (κ3) is 1.28. The summed E-state index contributed by atoms with van der Waals surface area (Å²) in [6, 6.07) is 0. The maximum absolute atomic E-state index is 5.81. The molecular weight excluding hydrogens is 142 g/mol. The topological polar surface area (TPSA) is 44.5 Å². The lowest BCUT2D eigenvalue weighted by atomic mass is 9.99. The molecule has 0 radical (unpaired) electrons. The van der Waals surface area contributed by atoms with E-state index in [2.05, 4.69) is 0 Å². The Hall–Kier alpha value is -0.120. The van der Waals surface area contributed by atoms with Crippen molar-refractivity contribution in [3.05, 3.63) is 0 Å². The molecule has 0 amide bonds. The molecule has 3 nitrogen and oxygen atoms in total. The Bertz CT molecular complexity index is 143. The number of hydrogen-bond donors (Lipinski definition) is 1. The van der Waals surface area contributed by atoms with Crippen LogP contribution in [0.4, 0.5) is 0 Å². The monoisotopic (exact) mass is 157 g/mol. The highest BCUT2D eigenvalue weighted by Gasteiger charge is 2.42. The molecule has 0 bridgehead atoms. The normalized spacial score (nSPS) is 43.9. The van der Waals surface area contributed by atoms with Gasteiger partial charge in [0.1, 0.15) is 0 Å². The van der Waals surface area contributed by atoms with Crippen molar-refractivity contribution < 1.29 is 9.47 Å². The van der Waals surface area contributed by atoms with Gasteiger partial charge in [0, 0.05) is 19.6 Å². The molecule has 0 aliphatic carbocycles. The molecule has 0 aromatic carbocycles. The molecule has 1 spiro atoms. The first-order valence-corrected chi connectivity index (χ1v) is 4.30. The minimum atomic E-state index is 0.0596. The van der Waals surface area contributed by atoms with Crippen LogP contribution < -0.4 is 5.73 Å². The van der Waals surface area contributed by atoms with Gasteiger partial charge in [-0.1, -0.05) is 0 Å². The summed E-state index contributed by atoms with van der Waals surface area (Å²) in [6.07, 6.45) is 3.59. The maximum Gasteiger partial charge on any atom is 0.0942 e. The van der Waals surface area contributed by atoms with Crippen LogP contribution in [0.25, 0.3) is 0 Å². The van der Waals surface area contributed by atoms with E-state index in [1.54, 1.807) is 0 Å². The van der Waals surface area contributed by atoms with E-state index in [9.17, 15) is 0 Å². The molecule has 2 aliphatic rings. The van der Waals surface area contributed by atoms with Gasteiger partial charge in [-0.3, -0.25) is 0 Å². The lowest BCUT2D eigenvalue weighted by Crippen LogP contribution is -2.31. The summed E-state index contributed by atoms with van der Waals surface area (Å²) in [5, 5.41) is 0. The van der Waals surface area contributed by atoms with Crippen LogP contribution >= 0.6 is 0 Å². The Morgan fingerprint density at radius 1 is 1.45 bits per heavy atom. The van der Waals surface area contributed by atoms with Crippen molar-refractivity contribution >= 4 is 0 Å². The summed E-state index contributed by atoms with van der Waals surface area (Å²) in [4.78, 5) is 0. The van der Waals surface area contributed by atoms with Crippen LogP contribution in [0.2, 0.25) is 0 Å².